The Labute approximate surface area is 148 Å². The number of allylic oxidation sites excluding steroid dienone is 3. The molecule has 0 aromatic heterocycles. The van der Waals surface area contributed by atoms with Crippen molar-refractivity contribution >= 4 is 39.9 Å². The van der Waals surface area contributed by atoms with E-state index in [2.05, 4.69) is 44.5 Å². The molecule has 3 rings (SSSR count). The minimum absolute atomic E-state index is 0.00628. The van der Waals surface area contributed by atoms with Crippen LogP contribution < -0.4 is 10.6 Å². The molecular formula is C17H18IN3O2. The number of amides is 1. The van der Waals surface area contributed by atoms with Gasteiger partial charge in [0.1, 0.15) is 5.71 Å². The number of para-hydroxylation sites is 1. The van der Waals surface area contributed by atoms with E-state index in [0.717, 1.165) is 14.8 Å². The van der Waals surface area contributed by atoms with Crippen LogP contribution in [-0.2, 0) is 4.79 Å². The topological polar surface area (TPSA) is 73.7 Å². The zero-order chi connectivity index (χ0) is 16.4. The molecule has 3 N–H and O–H groups in total. The molecule has 2 aliphatic heterocycles. The lowest BCUT2D eigenvalue weighted by Gasteiger charge is -2.27. The van der Waals surface area contributed by atoms with Crippen molar-refractivity contribution in [1.29, 1.82) is 0 Å². The number of nitrogens with one attached hydrogen (secondary N) is 2. The second-order valence-corrected chi connectivity index (χ2v) is 6.98. The van der Waals surface area contributed by atoms with Gasteiger partial charge in [-0.3, -0.25) is 4.79 Å². The number of anilines is 1. The van der Waals surface area contributed by atoms with Crippen molar-refractivity contribution in [3.63, 3.8) is 0 Å². The van der Waals surface area contributed by atoms with Crippen LogP contribution in [0.4, 0.5) is 5.69 Å². The van der Waals surface area contributed by atoms with E-state index < -0.39 is 0 Å². The van der Waals surface area contributed by atoms with Gasteiger partial charge in [0.25, 0.3) is 0 Å². The Hall–Kier alpha value is -1.83. The smallest absolute Gasteiger partial charge is 0.226 e. The van der Waals surface area contributed by atoms with Gasteiger partial charge in [0.15, 0.2) is 0 Å². The van der Waals surface area contributed by atoms with Gasteiger partial charge in [-0.25, -0.2) is 0 Å². The number of hydrogen-bond donors (Lipinski definition) is 3. The molecule has 1 aromatic rings. The second kappa shape index (κ2) is 6.74. The molecule has 0 saturated heterocycles. The molecular weight excluding hydrogens is 405 g/mol. The molecule has 3 atom stereocenters. The van der Waals surface area contributed by atoms with E-state index in [1.54, 1.807) is 0 Å². The van der Waals surface area contributed by atoms with E-state index in [9.17, 15) is 10.0 Å². The van der Waals surface area contributed by atoms with E-state index in [1.165, 1.54) is 0 Å². The van der Waals surface area contributed by atoms with Crippen LogP contribution in [0.1, 0.15) is 12.5 Å². The van der Waals surface area contributed by atoms with Crippen LogP contribution in [0.3, 0.4) is 0 Å². The van der Waals surface area contributed by atoms with Gasteiger partial charge in [0.2, 0.25) is 5.91 Å². The molecule has 0 spiro atoms. The van der Waals surface area contributed by atoms with Gasteiger partial charge < -0.3 is 15.8 Å². The summed E-state index contributed by atoms with van der Waals surface area (Å²) in [4.78, 5) is 12.7. The lowest BCUT2D eigenvalue weighted by Crippen LogP contribution is -2.45. The van der Waals surface area contributed by atoms with Crippen LogP contribution in [0.15, 0.2) is 51.2 Å². The molecule has 0 saturated carbocycles. The van der Waals surface area contributed by atoms with Gasteiger partial charge in [-0.1, -0.05) is 48.5 Å². The first-order chi connectivity index (χ1) is 11.1. The zero-order valence-corrected chi connectivity index (χ0v) is 14.8. The molecule has 0 bridgehead atoms. The molecule has 5 nitrogen and oxygen atoms in total. The van der Waals surface area contributed by atoms with Crippen molar-refractivity contribution in [3.8, 4) is 0 Å². The number of halogens is 1. The summed E-state index contributed by atoms with van der Waals surface area (Å²) in [5.41, 5.74) is 2.25. The van der Waals surface area contributed by atoms with Crippen LogP contribution in [0.25, 0.3) is 0 Å². The fourth-order valence-electron chi connectivity index (χ4n) is 3.16. The van der Waals surface area contributed by atoms with Crippen LogP contribution in [0.5, 0.6) is 0 Å². The first-order valence-corrected chi connectivity index (χ1v) is 8.59. The van der Waals surface area contributed by atoms with Gasteiger partial charge in [-0.2, -0.15) is 0 Å². The van der Waals surface area contributed by atoms with E-state index >= 15 is 0 Å². The highest BCUT2D eigenvalue weighted by Gasteiger charge is 2.40. The van der Waals surface area contributed by atoms with Crippen molar-refractivity contribution in [2.24, 2.45) is 17.0 Å². The van der Waals surface area contributed by atoms with Crippen LogP contribution >= 0.6 is 22.6 Å². The minimum Gasteiger partial charge on any atom is -0.411 e. The summed E-state index contributed by atoms with van der Waals surface area (Å²) in [5.74, 6) is -0.415. The molecule has 3 unspecified atom stereocenters. The number of hydrogen-bond acceptors (Lipinski definition) is 4. The average molecular weight is 423 g/mol. The fourth-order valence-corrected chi connectivity index (χ4v) is 3.99. The Balaban J connectivity index is 1.99. The predicted octanol–water partition coefficient (Wildman–Crippen LogP) is 2.92. The third-order valence-corrected chi connectivity index (χ3v) is 4.96. The third kappa shape index (κ3) is 3.12. The molecule has 6 heteroatoms. The lowest BCUT2D eigenvalue weighted by atomic mass is 9.83. The molecule has 2 aliphatic rings. The molecule has 23 heavy (non-hydrogen) atoms. The standard InChI is InChI=1S/C17H18IN3O2/c1-10-9-11(18)5-4-8-19-17(22)14(10)16-15(21-23)12-6-2-3-7-13(12)20-16/h2-7,9-10,14,16,20,23H,8H2,1H3,(H,19,22)/b5-4-,11-9+,21-15+. The molecule has 1 aromatic carbocycles. The Morgan fingerprint density at radius 2 is 2.13 bits per heavy atom. The quantitative estimate of drug-likeness (QED) is 0.370. The first-order valence-electron chi connectivity index (χ1n) is 7.51. The summed E-state index contributed by atoms with van der Waals surface area (Å²) in [6.45, 7) is 2.51. The second-order valence-electron chi connectivity index (χ2n) is 5.74. The molecule has 120 valence electrons. The Morgan fingerprint density at radius 3 is 2.91 bits per heavy atom. The van der Waals surface area contributed by atoms with E-state index in [0.29, 0.717) is 12.3 Å². The van der Waals surface area contributed by atoms with E-state index in [1.807, 2.05) is 43.3 Å². The number of carbonyl (C=O) groups excluding carboxylic acids is 1. The van der Waals surface area contributed by atoms with Crippen LogP contribution in [0.2, 0.25) is 0 Å². The van der Waals surface area contributed by atoms with Crippen LogP contribution in [0, 0.1) is 11.8 Å². The molecule has 1 amide bonds. The van der Waals surface area contributed by atoms with Crippen molar-refractivity contribution in [2.75, 3.05) is 11.9 Å². The monoisotopic (exact) mass is 423 g/mol. The highest BCUT2D eigenvalue weighted by atomic mass is 127. The Morgan fingerprint density at radius 1 is 1.35 bits per heavy atom. The minimum atomic E-state index is -0.363. The first kappa shape index (κ1) is 16.0. The number of carbonyl (C=O) groups is 1. The lowest BCUT2D eigenvalue weighted by molar-refractivity contribution is -0.125. The zero-order valence-electron chi connectivity index (χ0n) is 12.7. The van der Waals surface area contributed by atoms with Crippen molar-refractivity contribution < 1.29 is 10.0 Å². The number of benzene rings is 1. The van der Waals surface area contributed by atoms with Crippen LogP contribution in [-0.4, -0.2) is 29.4 Å². The molecule has 0 aliphatic carbocycles. The number of nitrogens with zero attached hydrogens (tertiary/aromatic N) is 1. The molecule has 0 fully saturated rings. The number of oxime groups is 1. The summed E-state index contributed by atoms with van der Waals surface area (Å²) in [6, 6.07) is 7.29. The van der Waals surface area contributed by atoms with Gasteiger partial charge in [0.05, 0.1) is 12.0 Å². The maximum absolute atomic E-state index is 12.7. The Kier molecular flexibility index (Phi) is 4.70. The summed E-state index contributed by atoms with van der Waals surface area (Å²) >= 11 is 2.26. The third-order valence-electron chi connectivity index (χ3n) is 4.24. The normalized spacial score (nSPS) is 32.6. The van der Waals surface area contributed by atoms with Gasteiger partial charge in [-0.05, 0) is 34.6 Å². The maximum atomic E-state index is 12.7. The van der Waals surface area contributed by atoms with E-state index in [4.69, 9.17) is 0 Å². The Bertz CT molecular complexity index is 712. The summed E-state index contributed by atoms with van der Waals surface area (Å²) in [5, 5.41) is 19.3. The summed E-state index contributed by atoms with van der Waals surface area (Å²) in [7, 11) is 0. The largest absolute Gasteiger partial charge is 0.411 e. The van der Waals surface area contributed by atoms with Crippen molar-refractivity contribution in [2.45, 2.75) is 13.0 Å². The van der Waals surface area contributed by atoms with Gasteiger partial charge in [-0.15, -0.1) is 0 Å². The average Bonchev–Trinajstić information content (AvgIpc) is 2.90. The summed E-state index contributed by atoms with van der Waals surface area (Å²) in [6.07, 6.45) is 6.01. The number of fused-ring (bicyclic) bond motifs is 1. The highest BCUT2D eigenvalue weighted by molar-refractivity contribution is 14.1. The predicted molar refractivity (Wildman–Crippen MR) is 99.1 cm³/mol. The van der Waals surface area contributed by atoms with E-state index in [-0.39, 0.29) is 23.8 Å². The SMILES string of the molecule is CC1/C=C(I)\C=C/CNC(=O)C1C1Nc2ccccc2/C1=N\O. The van der Waals surface area contributed by atoms with Gasteiger partial charge in [0, 0.05) is 21.4 Å². The maximum Gasteiger partial charge on any atom is 0.226 e. The van der Waals surface area contributed by atoms with Crippen molar-refractivity contribution in [1.82, 2.24) is 5.32 Å². The summed E-state index contributed by atoms with van der Waals surface area (Å²) < 4.78 is 1.09. The molecule has 0 radical (unpaired) electrons. The molecule has 2 heterocycles. The highest BCUT2D eigenvalue weighted by Crippen LogP contribution is 2.33. The van der Waals surface area contributed by atoms with Gasteiger partial charge >= 0.3 is 0 Å². The van der Waals surface area contributed by atoms with Crippen molar-refractivity contribution in [3.05, 3.63) is 51.6 Å². The fraction of sp³-hybridized carbons (Fsp3) is 0.294. The number of rotatable bonds is 1.